The van der Waals surface area contributed by atoms with E-state index in [4.69, 9.17) is 21.3 Å². The normalized spacial score (nSPS) is 17.3. The van der Waals surface area contributed by atoms with Crippen LogP contribution in [0.1, 0.15) is 29.7 Å². The van der Waals surface area contributed by atoms with Crippen LogP contribution in [0.3, 0.4) is 0 Å². The van der Waals surface area contributed by atoms with Crippen LogP contribution >= 0.6 is 38.9 Å². The van der Waals surface area contributed by atoms with Crippen molar-refractivity contribution >= 4 is 67.7 Å². The van der Waals surface area contributed by atoms with E-state index in [0.29, 0.717) is 37.9 Å². The quantitative estimate of drug-likeness (QED) is 0.336. The van der Waals surface area contributed by atoms with Gasteiger partial charge in [0.15, 0.2) is 4.80 Å². The van der Waals surface area contributed by atoms with Gasteiger partial charge >= 0.3 is 5.97 Å². The summed E-state index contributed by atoms with van der Waals surface area (Å²) in [5.41, 5.74) is 3.08. The predicted molar refractivity (Wildman–Crippen MR) is 154 cm³/mol. The zero-order chi connectivity index (χ0) is 27.3. The van der Waals surface area contributed by atoms with Crippen LogP contribution in [0.2, 0.25) is 5.02 Å². The Bertz CT molecular complexity index is 1880. The van der Waals surface area contributed by atoms with Crippen LogP contribution in [0.25, 0.3) is 11.3 Å². The lowest BCUT2D eigenvalue weighted by Crippen LogP contribution is -2.40. The third-order valence-electron chi connectivity index (χ3n) is 6.49. The van der Waals surface area contributed by atoms with Gasteiger partial charge in [0.05, 0.1) is 29.5 Å². The van der Waals surface area contributed by atoms with Crippen molar-refractivity contribution in [3.63, 3.8) is 0 Å². The van der Waals surface area contributed by atoms with E-state index in [9.17, 15) is 14.4 Å². The summed E-state index contributed by atoms with van der Waals surface area (Å²) in [4.78, 5) is 46.0. The topological polar surface area (TPSA) is 89.8 Å². The number of hydrogen-bond acceptors (Lipinski definition) is 6. The molecule has 0 saturated heterocycles. The van der Waals surface area contributed by atoms with Crippen molar-refractivity contribution in [1.29, 1.82) is 0 Å². The van der Waals surface area contributed by atoms with Crippen molar-refractivity contribution in [1.82, 2.24) is 4.57 Å². The number of halogens is 2. The first-order valence-electron chi connectivity index (χ1n) is 12.0. The highest BCUT2D eigenvalue weighted by atomic mass is 79.9. The van der Waals surface area contributed by atoms with Crippen LogP contribution in [0.15, 0.2) is 92.6 Å². The number of anilines is 1. The number of nitrogens with zero attached hydrogens (tertiary/aromatic N) is 2. The zero-order valence-corrected chi connectivity index (χ0v) is 23.6. The third-order valence-corrected chi connectivity index (χ3v) is 8.29. The molecule has 3 aromatic carbocycles. The van der Waals surface area contributed by atoms with E-state index >= 15 is 0 Å². The van der Waals surface area contributed by atoms with E-state index in [-0.39, 0.29) is 28.2 Å². The number of nitrogens with one attached hydrogen (secondary N) is 1. The molecule has 0 spiro atoms. The van der Waals surface area contributed by atoms with Gasteiger partial charge in [0.25, 0.3) is 11.5 Å². The van der Waals surface area contributed by atoms with E-state index in [1.807, 2.05) is 36.4 Å². The molecule has 1 N–H and O–H groups in total. The Balaban J connectivity index is 1.72. The monoisotopic (exact) mass is 619 g/mol. The molecule has 0 radical (unpaired) electrons. The Kier molecular flexibility index (Phi) is 6.58. The van der Waals surface area contributed by atoms with E-state index in [2.05, 4.69) is 21.2 Å². The molecule has 4 aromatic rings. The lowest BCUT2D eigenvalue weighted by Gasteiger charge is -2.26. The van der Waals surface area contributed by atoms with Crippen molar-refractivity contribution < 1.29 is 14.3 Å². The fourth-order valence-electron chi connectivity index (χ4n) is 4.82. The molecule has 0 fully saturated rings. The number of benzene rings is 3. The van der Waals surface area contributed by atoms with E-state index in [1.54, 1.807) is 43.3 Å². The number of rotatable bonds is 4. The summed E-state index contributed by atoms with van der Waals surface area (Å²) in [6, 6.07) is 20.8. The molecule has 6 rings (SSSR count). The summed E-state index contributed by atoms with van der Waals surface area (Å²) in [5.74, 6) is -0.949. The number of carbonyl (C=O) groups is 2. The predicted octanol–water partition coefficient (Wildman–Crippen LogP) is 4.67. The molecule has 0 aliphatic carbocycles. The summed E-state index contributed by atoms with van der Waals surface area (Å²) in [6.07, 6.45) is 0. The van der Waals surface area contributed by atoms with Crippen LogP contribution in [0, 0.1) is 0 Å². The highest BCUT2D eigenvalue weighted by Crippen LogP contribution is 2.36. The average Bonchev–Trinajstić information content (AvgIpc) is 3.43. The second-order valence-electron chi connectivity index (χ2n) is 8.82. The van der Waals surface area contributed by atoms with Gasteiger partial charge in [-0.15, -0.1) is 0 Å². The molecule has 2 aliphatic heterocycles. The van der Waals surface area contributed by atoms with Gasteiger partial charge in [-0.2, -0.15) is 0 Å². The molecule has 7 nitrogen and oxygen atoms in total. The Hall–Kier alpha value is -3.79. The number of esters is 1. The summed E-state index contributed by atoms with van der Waals surface area (Å²) in [6.45, 7) is 1.88. The molecule has 1 amide bonds. The zero-order valence-electron chi connectivity index (χ0n) is 20.4. The van der Waals surface area contributed by atoms with Gasteiger partial charge in [-0.3, -0.25) is 14.2 Å². The lowest BCUT2D eigenvalue weighted by atomic mass is 9.93. The number of amides is 1. The first-order chi connectivity index (χ1) is 18.9. The van der Waals surface area contributed by atoms with Crippen LogP contribution in [0.5, 0.6) is 0 Å². The van der Waals surface area contributed by atoms with Gasteiger partial charge in [0, 0.05) is 26.3 Å². The smallest absolute Gasteiger partial charge is 0.338 e. The molecular weight excluding hydrogens is 602 g/mol. The third kappa shape index (κ3) is 4.36. The highest BCUT2D eigenvalue weighted by molar-refractivity contribution is 9.10. The van der Waals surface area contributed by atoms with Crippen molar-refractivity contribution in [2.45, 2.75) is 13.0 Å². The number of thiazole rings is 1. The number of hydrogen-bond donors (Lipinski definition) is 1. The molecule has 3 heterocycles. The van der Waals surface area contributed by atoms with Crippen molar-refractivity contribution in [3.8, 4) is 0 Å². The first kappa shape index (κ1) is 25.5. The van der Waals surface area contributed by atoms with Gasteiger partial charge in [-0.1, -0.05) is 81.3 Å². The van der Waals surface area contributed by atoms with Crippen molar-refractivity contribution in [2.75, 3.05) is 11.9 Å². The number of aromatic nitrogens is 1. The first-order valence-corrected chi connectivity index (χ1v) is 14.0. The van der Waals surface area contributed by atoms with E-state index < -0.39 is 17.6 Å². The average molecular weight is 621 g/mol. The molecular formula is C29H19BrClN3O4S. The molecule has 0 bridgehead atoms. The highest BCUT2D eigenvalue weighted by Gasteiger charge is 2.36. The second-order valence-corrected chi connectivity index (χ2v) is 11.2. The fourth-order valence-corrected chi connectivity index (χ4v) is 6.40. The maximum Gasteiger partial charge on any atom is 0.338 e. The minimum Gasteiger partial charge on any atom is -0.463 e. The summed E-state index contributed by atoms with van der Waals surface area (Å²) in [7, 11) is 0. The second kappa shape index (κ2) is 10.1. The van der Waals surface area contributed by atoms with Crippen LogP contribution in [-0.4, -0.2) is 23.1 Å². The summed E-state index contributed by atoms with van der Waals surface area (Å²) in [5, 5.41) is 3.36. The molecule has 10 heteroatoms. The maximum absolute atomic E-state index is 14.2. The molecule has 2 aliphatic rings. The SMILES string of the molecule is CCOC(=O)C1=C(c2ccccc2)N=c2s/c(=C3\C(=O)Nc4ccc(Br)cc43)c(=O)n2[C@@H]1c1ccc(Cl)cc1. The Morgan fingerprint density at radius 3 is 2.56 bits per heavy atom. The molecule has 0 unspecified atom stereocenters. The van der Waals surface area contributed by atoms with E-state index in [0.717, 1.165) is 15.8 Å². The van der Waals surface area contributed by atoms with Crippen molar-refractivity contribution in [3.05, 3.63) is 124 Å². The molecule has 0 saturated carbocycles. The maximum atomic E-state index is 14.2. The Labute approximate surface area is 239 Å². The van der Waals surface area contributed by atoms with Gasteiger partial charge in [-0.25, -0.2) is 9.79 Å². The number of fused-ring (bicyclic) bond motifs is 2. The molecule has 1 aromatic heterocycles. The Morgan fingerprint density at radius 1 is 1.10 bits per heavy atom. The Morgan fingerprint density at radius 2 is 1.85 bits per heavy atom. The molecule has 194 valence electrons. The summed E-state index contributed by atoms with van der Waals surface area (Å²) < 4.78 is 7.96. The van der Waals surface area contributed by atoms with Gasteiger partial charge in [-0.05, 0) is 42.8 Å². The summed E-state index contributed by atoms with van der Waals surface area (Å²) >= 11 is 10.8. The van der Waals surface area contributed by atoms with Crippen molar-refractivity contribution in [2.24, 2.45) is 4.99 Å². The standard InChI is InChI=1S/C29H19BrClN3O4S/c1-2-38-28(37)22-23(15-6-4-3-5-7-15)33-29-34(24(22)16-8-11-18(31)12-9-16)27(36)25(39-29)21-19-14-17(30)10-13-20(19)32-26(21)35/h3-14,24H,2H2,1H3,(H,32,35)/b25-21-/t24-/m1/s1. The molecule has 39 heavy (non-hydrogen) atoms. The fraction of sp³-hybridized carbons (Fsp3) is 0.103. The largest absolute Gasteiger partial charge is 0.463 e. The minimum atomic E-state index is -0.853. The minimum absolute atomic E-state index is 0.151. The number of carbonyl (C=O) groups excluding carboxylic acids is 2. The van der Waals surface area contributed by atoms with Gasteiger partial charge in [0.1, 0.15) is 4.53 Å². The molecule has 1 atom stereocenters. The van der Waals surface area contributed by atoms with Crippen LogP contribution in [-0.2, 0) is 14.3 Å². The lowest BCUT2D eigenvalue weighted by molar-refractivity contribution is -0.138. The number of ether oxygens (including phenoxy) is 1. The van der Waals surface area contributed by atoms with Crippen LogP contribution in [0.4, 0.5) is 5.69 Å². The van der Waals surface area contributed by atoms with Crippen LogP contribution < -0.4 is 20.2 Å². The van der Waals surface area contributed by atoms with Gasteiger partial charge in [0.2, 0.25) is 0 Å². The van der Waals surface area contributed by atoms with Gasteiger partial charge < -0.3 is 10.1 Å². The van der Waals surface area contributed by atoms with E-state index in [1.165, 1.54) is 4.57 Å².